The molecule has 3 unspecified atom stereocenters. The summed E-state index contributed by atoms with van der Waals surface area (Å²) in [6.45, 7) is 1.86. The fraction of sp³-hybridized carbons (Fsp3) is 0.250. The number of fused-ring (bicyclic) bond motifs is 5. The Kier molecular flexibility index (Phi) is 4.57. The fourth-order valence-electron chi connectivity index (χ4n) is 5.01. The van der Waals surface area contributed by atoms with Crippen LogP contribution >= 0.6 is 0 Å². The lowest BCUT2D eigenvalue weighted by Crippen LogP contribution is -2.14. The third-order valence-corrected chi connectivity index (χ3v) is 6.15. The second-order valence-electron chi connectivity index (χ2n) is 7.71. The lowest BCUT2D eigenvalue weighted by atomic mass is 9.78. The van der Waals surface area contributed by atoms with Crippen molar-refractivity contribution in [3.63, 3.8) is 0 Å². The van der Waals surface area contributed by atoms with Gasteiger partial charge < -0.3 is 0 Å². The van der Waals surface area contributed by atoms with Crippen LogP contribution in [0.25, 0.3) is 5.57 Å². The van der Waals surface area contributed by atoms with E-state index in [4.69, 9.17) is 0 Å². The monoisotopic (exact) mass is 414 g/mol. The highest BCUT2D eigenvalue weighted by atomic mass is 19.4. The Morgan fingerprint density at radius 2 is 1.58 bits per heavy atom. The smallest absolute Gasteiger partial charge is 0.197 e. The lowest BCUT2D eigenvalue weighted by Gasteiger charge is -2.21. The first-order chi connectivity index (χ1) is 14.8. The van der Waals surface area contributed by atoms with Gasteiger partial charge in [0.25, 0.3) is 0 Å². The average Bonchev–Trinajstić information content (AvgIpc) is 3.23. The van der Waals surface area contributed by atoms with E-state index in [9.17, 15) is 34.2 Å². The van der Waals surface area contributed by atoms with E-state index < -0.39 is 35.4 Å². The molecule has 31 heavy (non-hydrogen) atoms. The molecule has 0 N–H and O–H groups in total. The number of benzene rings is 2. The molecule has 0 heterocycles. The van der Waals surface area contributed by atoms with E-state index in [2.05, 4.69) is 0 Å². The van der Waals surface area contributed by atoms with Gasteiger partial charge in [-0.3, -0.25) is 0 Å². The predicted molar refractivity (Wildman–Crippen MR) is 104 cm³/mol. The van der Waals surface area contributed by atoms with Crippen molar-refractivity contribution in [1.29, 1.82) is 21.0 Å². The van der Waals surface area contributed by atoms with E-state index in [1.165, 1.54) is 6.07 Å². The van der Waals surface area contributed by atoms with Crippen molar-refractivity contribution in [2.75, 3.05) is 0 Å². The zero-order valence-electron chi connectivity index (χ0n) is 16.2. The van der Waals surface area contributed by atoms with Gasteiger partial charge in [0.15, 0.2) is 0 Å². The van der Waals surface area contributed by atoms with Crippen LogP contribution in [0.1, 0.15) is 51.1 Å². The molecule has 0 saturated carbocycles. The van der Waals surface area contributed by atoms with E-state index >= 15 is 0 Å². The average molecular weight is 414 g/mol. The van der Waals surface area contributed by atoms with Crippen LogP contribution in [-0.2, 0) is 6.18 Å². The maximum absolute atomic E-state index is 13.5. The first kappa shape index (κ1) is 20.2. The quantitative estimate of drug-likeness (QED) is 0.579. The topological polar surface area (TPSA) is 95.2 Å². The van der Waals surface area contributed by atoms with Gasteiger partial charge >= 0.3 is 6.18 Å². The number of nitriles is 4. The zero-order valence-corrected chi connectivity index (χ0v) is 16.2. The lowest BCUT2D eigenvalue weighted by molar-refractivity contribution is -0.137. The molecule has 4 nitrogen and oxygen atoms in total. The molecule has 2 aromatic carbocycles. The molecule has 4 rings (SSSR count). The first-order valence-corrected chi connectivity index (χ1v) is 9.42. The van der Waals surface area contributed by atoms with E-state index in [-0.39, 0.29) is 5.57 Å². The van der Waals surface area contributed by atoms with Crippen LogP contribution in [0.5, 0.6) is 0 Å². The van der Waals surface area contributed by atoms with Gasteiger partial charge in [-0.25, -0.2) is 0 Å². The Morgan fingerprint density at radius 1 is 0.903 bits per heavy atom. The maximum atomic E-state index is 13.5. The number of aryl methyl sites for hydroxylation is 1. The number of rotatable bonds is 1. The largest absolute Gasteiger partial charge is 0.416 e. The van der Waals surface area contributed by atoms with Crippen molar-refractivity contribution in [3.8, 4) is 24.3 Å². The third kappa shape index (κ3) is 2.87. The molecule has 150 valence electrons. The summed E-state index contributed by atoms with van der Waals surface area (Å²) < 4.78 is 40.4. The number of alkyl halides is 3. The van der Waals surface area contributed by atoms with Crippen molar-refractivity contribution < 1.29 is 13.2 Å². The molecule has 0 aromatic heterocycles. The molecule has 7 heteroatoms. The van der Waals surface area contributed by atoms with Crippen LogP contribution in [0.15, 0.2) is 42.0 Å². The Labute approximate surface area is 176 Å². The van der Waals surface area contributed by atoms with Crippen LogP contribution in [0.4, 0.5) is 13.2 Å². The molecule has 2 aliphatic carbocycles. The van der Waals surface area contributed by atoms with Crippen LogP contribution < -0.4 is 0 Å². The second kappa shape index (κ2) is 7.02. The molecule has 0 amide bonds. The summed E-state index contributed by atoms with van der Waals surface area (Å²) in [6.07, 6.45) is -4.58. The SMILES string of the molecule is Cc1ccc2c(c1)C1C(C2=C(C#N)C#N)c2cc(C(F)(F)F)ccc2C1C(C#N)C#N. The minimum Gasteiger partial charge on any atom is -0.197 e. The van der Waals surface area contributed by atoms with Gasteiger partial charge in [-0.1, -0.05) is 29.8 Å². The molecule has 0 aliphatic heterocycles. The van der Waals surface area contributed by atoms with Crippen molar-refractivity contribution in [1.82, 2.24) is 0 Å². The van der Waals surface area contributed by atoms with Gasteiger partial charge in [0.2, 0.25) is 0 Å². The molecule has 0 saturated heterocycles. The minimum absolute atomic E-state index is 0.174. The number of hydrogen-bond acceptors (Lipinski definition) is 4. The third-order valence-electron chi connectivity index (χ3n) is 6.15. The van der Waals surface area contributed by atoms with Gasteiger partial charge in [0, 0.05) is 17.8 Å². The molecule has 0 radical (unpaired) electrons. The number of halogens is 3. The maximum Gasteiger partial charge on any atom is 0.416 e. The Morgan fingerprint density at radius 3 is 2.16 bits per heavy atom. The van der Waals surface area contributed by atoms with Crippen LogP contribution in [-0.4, -0.2) is 0 Å². The summed E-state index contributed by atoms with van der Waals surface area (Å²) in [4.78, 5) is 0. The Hall–Kier alpha value is -4.07. The van der Waals surface area contributed by atoms with E-state index in [1.807, 2.05) is 37.3 Å². The van der Waals surface area contributed by atoms with E-state index in [1.54, 1.807) is 12.1 Å². The summed E-state index contributed by atoms with van der Waals surface area (Å²) >= 11 is 0. The predicted octanol–water partition coefficient (Wildman–Crippen LogP) is 5.46. The van der Waals surface area contributed by atoms with Gasteiger partial charge in [0.1, 0.15) is 23.6 Å². The summed E-state index contributed by atoms with van der Waals surface area (Å²) in [5.41, 5.74) is 2.39. The Bertz CT molecular complexity index is 1280. The standard InChI is InChI=1S/C24H13F3N4/c1-12-2-4-16-18(6-12)22-21(14(10-30)11-31)17-5-3-15(24(25,26)27)7-19(17)23(22)20(16)13(8-28)9-29/h2-7,14,21-23H,1H3. The molecular formula is C24H13F3N4. The zero-order chi connectivity index (χ0) is 22.5. The minimum atomic E-state index is -4.58. The van der Waals surface area contributed by atoms with E-state index in [0.717, 1.165) is 23.3 Å². The van der Waals surface area contributed by atoms with Gasteiger partial charge in [-0.2, -0.15) is 34.2 Å². The first-order valence-electron chi connectivity index (χ1n) is 9.42. The molecule has 2 aromatic rings. The highest BCUT2D eigenvalue weighted by molar-refractivity contribution is 5.88. The van der Waals surface area contributed by atoms with Crippen LogP contribution in [0.2, 0.25) is 0 Å². The summed E-state index contributed by atoms with van der Waals surface area (Å²) in [6, 6.07) is 16.4. The van der Waals surface area contributed by atoms with Gasteiger partial charge in [-0.15, -0.1) is 0 Å². The summed E-state index contributed by atoms with van der Waals surface area (Å²) in [7, 11) is 0. The molecule has 0 spiro atoms. The normalized spacial score (nSPS) is 20.7. The molecule has 0 fully saturated rings. The fourth-order valence-corrected chi connectivity index (χ4v) is 5.01. The van der Waals surface area contributed by atoms with E-state index in [0.29, 0.717) is 22.3 Å². The van der Waals surface area contributed by atoms with Crippen molar-refractivity contribution >= 4 is 5.57 Å². The highest BCUT2D eigenvalue weighted by Crippen LogP contribution is 2.65. The van der Waals surface area contributed by atoms with Crippen molar-refractivity contribution in [2.24, 2.45) is 5.92 Å². The Balaban J connectivity index is 2.10. The number of allylic oxidation sites excluding steroid dienone is 2. The van der Waals surface area contributed by atoms with Crippen molar-refractivity contribution in [2.45, 2.75) is 30.9 Å². The second-order valence-corrected chi connectivity index (χ2v) is 7.71. The van der Waals surface area contributed by atoms with Crippen molar-refractivity contribution in [3.05, 3.63) is 75.4 Å². The molecular weight excluding hydrogens is 401 g/mol. The highest BCUT2D eigenvalue weighted by Gasteiger charge is 2.53. The summed E-state index contributed by atoms with van der Waals surface area (Å²) in [5, 5.41) is 38.4. The van der Waals surface area contributed by atoms with Crippen LogP contribution in [0.3, 0.4) is 0 Å². The molecule has 2 aliphatic rings. The molecule has 0 bridgehead atoms. The summed E-state index contributed by atoms with van der Waals surface area (Å²) in [5.74, 6) is -2.98. The van der Waals surface area contributed by atoms with Crippen LogP contribution in [0, 0.1) is 58.2 Å². The number of nitrogens with zero attached hydrogens (tertiary/aromatic N) is 4. The van der Waals surface area contributed by atoms with Gasteiger partial charge in [-0.05, 0) is 46.9 Å². The number of hydrogen-bond donors (Lipinski definition) is 0. The molecule has 3 atom stereocenters. The van der Waals surface area contributed by atoms with Gasteiger partial charge in [0.05, 0.1) is 17.7 Å².